The van der Waals surface area contributed by atoms with Crippen LogP contribution in [-0.2, 0) is 10.8 Å². The summed E-state index contributed by atoms with van der Waals surface area (Å²) in [4.78, 5) is 15.6. The first-order valence-corrected chi connectivity index (χ1v) is 17.1. The van der Waals surface area contributed by atoms with Gasteiger partial charge >= 0.3 is 0 Å². The normalized spacial score (nSPS) is 14.8. The molecule has 1 heterocycles. The van der Waals surface area contributed by atoms with Crippen molar-refractivity contribution in [1.82, 2.24) is 0 Å². The number of hydrogen-bond donors (Lipinski definition) is 0. The second-order valence-corrected chi connectivity index (χ2v) is 15.0. The first-order valence-electron chi connectivity index (χ1n) is 16.3. The predicted molar refractivity (Wildman–Crippen MR) is 200 cm³/mol. The molecule has 2 aliphatic rings. The number of benzene rings is 5. The fraction of sp³-hybridized carbons (Fsp3) is 0.159. The van der Waals surface area contributed by atoms with Crippen molar-refractivity contribution in [3.05, 3.63) is 158 Å². The number of thiophene rings is 1. The Kier molecular flexibility index (Phi) is 6.75. The number of carbonyl (C=O) groups is 1. The largest absolute Gasteiger partial charge is 0.310 e. The van der Waals surface area contributed by atoms with Gasteiger partial charge in [-0.15, -0.1) is 11.3 Å². The number of carbonyl (C=O) groups excluding carboxylic acids is 1. The van der Waals surface area contributed by atoms with E-state index in [1.807, 2.05) is 6.07 Å². The predicted octanol–water partition coefficient (Wildman–Crippen LogP) is 12.1. The van der Waals surface area contributed by atoms with E-state index in [9.17, 15) is 4.79 Å². The third kappa shape index (κ3) is 4.64. The number of aldehydes is 1. The monoisotopic (exact) mass is 627 g/mol. The van der Waals surface area contributed by atoms with Crippen molar-refractivity contribution >= 4 is 46.8 Å². The molecule has 0 saturated heterocycles. The average Bonchev–Trinajstić information content (AvgIpc) is 3.65. The third-order valence-corrected chi connectivity index (χ3v) is 11.4. The van der Waals surface area contributed by atoms with Gasteiger partial charge in [-0.2, -0.15) is 0 Å². The van der Waals surface area contributed by atoms with E-state index in [2.05, 4.69) is 161 Å². The van der Waals surface area contributed by atoms with Crippen LogP contribution in [0.15, 0.2) is 115 Å². The molecule has 0 amide bonds. The van der Waals surface area contributed by atoms with E-state index in [1.165, 1.54) is 55.8 Å². The van der Waals surface area contributed by atoms with Crippen LogP contribution in [0.4, 0.5) is 17.1 Å². The lowest BCUT2D eigenvalue weighted by Crippen LogP contribution is -2.18. The van der Waals surface area contributed by atoms with E-state index in [-0.39, 0.29) is 10.8 Å². The van der Waals surface area contributed by atoms with Gasteiger partial charge in [-0.3, -0.25) is 4.79 Å². The van der Waals surface area contributed by atoms with Crippen molar-refractivity contribution in [2.45, 2.75) is 45.4 Å². The second kappa shape index (κ2) is 10.8. The maximum Gasteiger partial charge on any atom is 0.160 e. The molecule has 0 radical (unpaired) electrons. The molecule has 1 aromatic heterocycles. The van der Waals surface area contributed by atoms with Gasteiger partial charge in [0.2, 0.25) is 0 Å². The maximum absolute atomic E-state index is 11.3. The Hall–Kier alpha value is -4.99. The van der Waals surface area contributed by atoms with Crippen LogP contribution in [-0.4, -0.2) is 6.29 Å². The SMILES string of the molecule is Cc1cc(C=O)sc1/C=C/c1ccc(N(c2ccc3c(c2)C(C)(C)c2ccccc2-3)c2ccc3c(c2)C(C)(C)c2ccccc2-3)cc1. The second-order valence-electron chi connectivity index (χ2n) is 13.9. The molecule has 0 unspecified atom stereocenters. The molecule has 5 aromatic carbocycles. The van der Waals surface area contributed by atoms with Gasteiger partial charge < -0.3 is 4.90 Å². The summed E-state index contributed by atoms with van der Waals surface area (Å²) >= 11 is 1.53. The number of rotatable bonds is 6. The van der Waals surface area contributed by atoms with Crippen molar-refractivity contribution in [3.8, 4) is 22.3 Å². The summed E-state index contributed by atoms with van der Waals surface area (Å²) in [7, 11) is 0. The van der Waals surface area contributed by atoms with E-state index < -0.39 is 0 Å². The van der Waals surface area contributed by atoms with E-state index >= 15 is 0 Å². The van der Waals surface area contributed by atoms with Gasteiger partial charge in [0.15, 0.2) is 6.29 Å². The lowest BCUT2D eigenvalue weighted by molar-refractivity contribution is 0.112. The molecular formula is C44H37NOS. The van der Waals surface area contributed by atoms with Crippen molar-refractivity contribution in [2.24, 2.45) is 0 Å². The highest BCUT2D eigenvalue weighted by Crippen LogP contribution is 2.53. The lowest BCUT2D eigenvalue weighted by Gasteiger charge is -2.29. The Morgan fingerprint density at radius 2 is 1.04 bits per heavy atom. The molecule has 2 nitrogen and oxygen atoms in total. The molecule has 6 aromatic rings. The van der Waals surface area contributed by atoms with Gasteiger partial charge in [0.05, 0.1) is 4.88 Å². The van der Waals surface area contributed by atoms with E-state index in [0.29, 0.717) is 0 Å². The zero-order valence-electron chi connectivity index (χ0n) is 27.5. The molecular weight excluding hydrogens is 591 g/mol. The van der Waals surface area contributed by atoms with Gasteiger partial charge in [0, 0.05) is 32.8 Å². The molecule has 230 valence electrons. The fourth-order valence-electron chi connectivity index (χ4n) is 7.76. The fourth-order valence-corrected chi connectivity index (χ4v) is 8.66. The van der Waals surface area contributed by atoms with Crippen LogP contribution in [0.2, 0.25) is 0 Å². The standard InChI is InChI=1S/C44H37NOS/c1-28-24-33(27-46)47-42(28)23-16-29-14-17-30(18-15-29)45(31-19-21-36-34-10-6-8-12-38(34)43(2,3)40(36)25-31)32-20-22-37-35-11-7-9-13-39(35)44(4,5)41(37)26-32/h6-27H,1-5H3/b23-16+. The zero-order chi connectivity index (χ0) is 32.5. The number of anilines is 3. The molecule has 3 heteroatoms. The Morgan fingerprint density at radius 3 is 1.55 bits per heavy atom. The molecule has 2 aliphatic carbocycles. The van der Waals surface area contributed by atoms with Crippen molar-refractivity contribution in [1.29, 1.82) is 0 Å². The first kappa shape index (κ1) is 29.4. The summed E-state index contributed by atoms with van der Waals surface area (Å²) in [6.07, 6.45) is 5.17. The zero-order valence-corrected chi connectivity index (χ0v) is 28.3. The molecule has 0 N–H and O–H groups in total. The third-order valence-electron chi connectivity index (χ3n) is 10.3. The van der Waals surface area contributed by atoms with E-state index in [4.69, 9.17) is 0 Å². The number of aryl methyl sites for hydroxylation is 1. The van der Waals surface area contributed by atoms with Gasteiger partial charge in [-0.25, -0.2) is 0 Å². The highest BCUT2D eigenvalue weighted by molar-refractivity contribution is 7.14. The Morgan fingerprint density at radius 1 is 0.553 bits per heavy atom. The van der Waals surface area contributed by atoms with Gasteiger partial charge in [0.1, 0.15) is 0 Å². The minimum Gasteiger partial charge on any atom is -0.310 e. The minimum atomic E-state index is -0.0898. The van der Waals surface area contributed by atoms with Crippen LogP contribution < -0.4 is 4.90 Å². The molecule has 8 rings (SSSR count). The van der Waals surface area contributed by atoms with Crippen LogP contribution in [0.5, 0.6) is 0 Å². The smallest absolute Gasteiger partial charge is 0.160 e. The summed E-state index contributed by atoms with van der Waals surface area (Å²) in [5, 5.41) is 0. The van der Waals surface area contributed by atoms with Crippen LogP contribution in [0.1, 0.15) is 75.6 Å². The minimum absolute atomic E-state index is 0.0898. The topological polar surface area (TPSA) is 20.3 Å². The molecule has 0 fully saturated rings. The van der Waals surface area contributed by atoms with Crippen molar-refractivity contribution in [3.63, 3.8) is 0 Å². The Balaban J connectivity index is 1.24. The van der Waals surface area contributed by atoms with Crippen LogP contribution in [0.25, 0.3) is 34.4 Å². The summed E-state index contributed by atoms with van der Waals surface area (Å²) in [5.74, 6) is 0. The van der Waals surface area contributed by atoms with E-state index in [1.54, 1.807) is 0 Å². The summed E-state index contributed by atoms with van der Waals surface area (Å²) in [6, 6.07) is 42.4. The van der Waals surface area contributed by atoms with Gasteiger partial charge in [-0.1, -0.05) is 107 Å². The quantitative estimate of drug-likeness (QED) is 0.171. The summed E-state index contributed by atoms with van der Waals surface area (Å²) in [6.45, 7) is 11.4. The molecule has 47 heavy (non-hydrogen) atoms. The van der Waals surface area contributed by atoms with E-state index in [0.717, 1.165) is 44.2 Å². The highest BCUT2D eigenvalue weighted by Gasteiger charge is 2.37. The van der Waals surface area contributed by atoms with Crippen LogP contribution in [0, 0.1) is 6.92 Å². The average molecular weight is 628 g/mol. The molecule has 0 atom stereocenters. The number of fused-ring (bicyclic) bond motifs is 6. The molecule has 0 spiro atoms. The lowest BCUT2D eigenvalue weighted by atomic mass is 9.82. The van der Waals surface area contributed by atoms with Crippen LogP contribution >= 0.6 is 11.3 Å². The first-order chi connectivity index (χ1) is 22.7. The summed E-state index contributed by atoms with van der Waals surface area (Å²) < 4.78 is 0. The number of hydrogen-bond acceptors (Lipinski definition) is 3. The summed E-state index contributed by atoms with van der Waals surface area (Å²) in [5.41, 5.74) is 16.3. The number of nitrogens with zero attached hydrogens (tertiary/aromatic N) is 1. The molecule has 0 saturated carbocycles. The van der Waals surface area contributed by atoms with Gasteiger partial charge in [0.25, 0.3) is 0 Å². The maximum atomic E-state index is 11.3. The molecule has 0 aliphatic heterocycles. The Labute approximate surface area is 281 Å². The molecule has 0 bridgehead atoms. The van der Waals surface area contributed by atoms with Crippen molar-refractivity contribution in [2.75, 3.05) is 4.90 Å². The highest BCUT2D eigenvalue weighted by atomic mass is 32.1. The van der Waals surface area contributed by atoms with Crippen molar-refractivity contribution < 1.29 is 4.79 Å². The van der Waals surface area contributed by atoms with Gasteiger partial charge in [-0.05, 0) is 111 Å². The van der Waals surface area contributed by atoms with Crippen LogP contribution in [0.3, 0.4) is 0 Å². The Bertz CT molecular complexity index is 2120.